The summed E-state index contributed by atoms with van der Waals surface area (Å²) in [5.74, 6) is 0. The molecule has 0 aromatic rings. The van der Waals surface area contributed by atoms with E-state index in [-0.39, 0.29) is 5.41 Å². The van der Waals surface area contributed by atoms with Gasteiger partial charge in [0.15, 0.2) is 0 Å². The van der Waals surface area contributed by atoms with Gasteiger partial charge in [-0.05, 0) is 166 Å². The van der Waals surface area contributed by atoms with Gasteiger partial charge < -0.3 is 50.8 Å². The lowest BCUT2D eigenvalue weighted by atomic mass is 9.73. The van der Waals surface area contributed by atoms with Crippen LogP contribution < -0.4 is 50.8 Å². The maximum Gasteiger partial charge on any atom is 0.0409 e. The highest BCUT2D eigenvalue weighted by Crippen LogP contribution is 2.38. The van der Waals surface area contributed by atoms with Gasteiger partial charge in [0.05, 0.1) is 0 Å². The molecule has 11 nitrogen and oxygen atoms in total. The molecule has 0 atom stereocenters. The van der Waals surface area contributed by atoms with E-state index in [2.05, 4.69) is 79.1 Å². The fourth-order valence-electron chi connectivity index (χ4n) is 6.83. The Morgan fingerprint density at radius 3 is 0.740 bits per heavy atom. The van der Waals surface area contributed by atoms with Crippen LogP contribution in [0.25, 0.3) is 0 Å². The molecule has 0 fully saturated rings. The molecule has 0 aliphatic carbocycles. The third kappa shape index (κ3) is 37.4. The zero-order chi connectivity index (χ0) is 39.4. The van der Waals surface area contributed by atoms with Crippen LogP contribution in [-0.4, -0.2) is 87.1 Å². The molecule has 0 aromatic heterocycles. The molecule has 0 rings (SSSR count). The molecule has 0 unspecified atom stereocenters. The lowest BCUT2D eigenvalue weighted by Gasteiger charge is -2.34. The van der Waals surface area contributed by atoms with Crippen LogP contribution in [0.2, 0.25) is 0 Å². The Morgan fingerprint density at radius 1 is 0.400 bits per heavy atom. The first-order valence-corrected chi connectivity index (χ1v) is 20.4. The van der Waals surface area contributed by atoms with Gasteiger partial charge in [-0.2, -0.15) is 0 Å². The van der Waals surface area contributed by atoms with E-state index in [0.29, 0.717) is 37.0 Å². The van der Waals surface area contributed by atoms with Crippen LogP contribution in [0.3, 0.4) is 0 Å². The van der Waals surface area contributed by atoms with Crippen LogP contribution in [0.15, 0.2) is 8.73 Å². The van der Waals surface area contributed by atoms with Crippen molar-refractivity contribution in [3.63, 3.8) is 0 Å². The topological polar surface area (TPSA) is 231 Å². The monoisotopic (exact) mass is 754 g/mol. The average Bonchev–Trinajstić information content (AvgIpc) is 3.09. The summed E-state index contributed by atoms with van der Waals surface area (Å²) in [6.45, 7) is 14.2. The normalized spacial score (nSPS) is 11.1. The SMILES string of the molecule is CCCCC(CCCC)(CCNC)CCNC.CCCCC(CCN)(CCN)CCN.CN=S.CN=S.NCCC(CCN)(CCN)CCN. The highest BCUT2D eigenvalue weighted by molar-refractivity contribution is 7.47. The summed E-state index contributed by atoms with van der Waals surface area (Å²) in [5.41, 5.74) is 40.4. The third-order valence-corrected chi connectivity index (χ3v) is 9.72. The quantitative estimate of drug-likeness (QED) is 0.0502. The second-order valence-corrected chi connectivity index (χ2v) is 14.4. The summed E-state index contributed by atoms with van der Waals surface area (Å²) in [4.78, 5) is 0. The Kier molecular flexibility index (Phi) is 55.1. The minimum absolute atomic E-state index is 0.201. The molecule has 13 heteroatoms. The number of nitrogens with zero attached hydrogens (tertiary/aromatic N) is 2. The Bertz CT molecular complexity index is 557. The Labute approximate surface area is 323 Å². The fraction of sp³-hybridized carbons (Fsp3) is 1.00. The Balaban J connectivity index is -0.000000188. The molecule has 0 saturated carbocycles. The second-order valence-electron chi connectivity index (χ2n) is 13.7. The van der Waals surface area contributed by atoms with Crippen molar-refractivity contribution >= 4 is 24.9 Å². The average molecular weight is 754 g/mol. The minimum Gasteiger partial charge on any atom is -0.330 e. The van der Waals surface area contributed by atoms with Gasteiger partial charge in [0.2, 0.25) is 0 Å². The van der Waals surface area contributed by atoms with Gasteiger partial charge in [-0.1, -0.05) is 59.3 Å². The van der Waals surface area contributed by atoms with E-state index >= 15 is 0 Å². The second kappa shape index (κ2) is 46.7. The Hall–Kier alpha value is -0.320. The predicted molar refractivity (Wildman–Crippen MR) is 230 cm³/mol. The smallest absolute Gasteiger partial charge is 0.0409 e. The number of nitrogens with two attached hydrogens (primary N) is 7. The molecule has 0 bridgehead atoms. The minimum atomic E-state index is 0.201. The molecule has 0 aliphatic heterocycles. The molecular weight excluding hydrogens is 663 g/mol. The first-order chi connectivity index (χ1) is 24.1. The van der Waals surface area contributed by atoms with Crippen molar-refractivity contribution in [2.24, 2.45) is 65.1 Å². The van der Waals surface area contributed by atoms with Crippen molar-refractivity contribution < 1.29 is 0 Å². The molecule has 0 heterocycles. The van der Waals surface area contributed by atoms with Crippen LogP contribution in [0.5, 0.6) is 0 Å². The molecule has 0 aromatic carbocycles. The summed E-state index contributed by atoms with van der Waals surface area (Å²) in [5, 5.41) is 6.66. The van der Waals surface area contributed by atoms with E-state index in [1.807, 2.05) is 0 Å². The van der Waals surface area contributed by atoms with Crippen LogP contribution in [0.1, 0.15) is 136 Å². The molecule has 306 valence electrons. The van der Waals surface area contributed by atoms with Crippen LogP contribution in [-0.2, 0) is 24.9 Å². The van der Waals surface area contributed by atoms with E-state index in [9.17, 15) is 0 Å². The molecule has 50 heavy (non-hydrogen) atoms. The van der Waals surface area contributed by atoms with Crippen LogP contribution in [0, 0.1) is 16.2 Å². The van der Waals surface area contributed by atoms with Crippen molar-refractivity contribution in [3.05, 3.63) is 0 Å². The van der Waals surface area contributed by atoms with Gasteiger partial charge in [-0.25, -0.2) is 8.73 Å². The lowest BCUT2D eigenvalue weighted by molar-refractivity contribution is 0.187. The van der Waals surface area contributed by atoms with Gasteiger partial charge in [0, 0.05) is 38.9 Å². The summed E-state index contributed by atoms with van der Waals surface area (Å²) in [6, 6.07) is 0. The standard InChI is InChI=1S/C15H34N2.C11H27N3.C9H24N4.2CH3NS/c1-5-7-9-15(10-8-6-2,11-13-16-3)12-14-17-4;1-2-3-4-11(5-8-12,6-9-13)7-10-14;10-5-1-9(2-6-11,3-7-12)4-8-13;2*1-2-3/h16-17H,5-14H2,1-4H3;2-10,12-14H2,1H3;1-8,10-13H2;2*1H3. The van der Waals surface area contributed by atoms with Crippen LogP contribution >= 0.6 is 0 Å². The van der Waals surface area contributed by atoms with Crippen molar-refractivity contribution in [1.29, 1.82) is 0 Å². The van der Waals surface area contributed by atoms with Crippen molar-refractivity contribution in [2.45, 2.75) is 136 Å². The van der Waals surface area contributed by atoms with E-state index in [0.717, 1.165) is 77.7 Å². The summed E-state index contributed by atoms with van der Waals surface area (Å²) >= 11 is 8.04. The fourth-order valence-corrected chi connectivity index (χ4v) is 6.83. The lowest BCUT2D eigenvalue weighted by Crippen LogP contribution is -2.32. The van der Waals surface area contributed by atoms with Crippen molar-refractivity contribution in [1.82, 2.24) is 10.6 Å². The Morgan fingerprint density at radius 2 is 0.580 bits per heavy atom. The van der Waals surface area contributed by atoms with Crippen molar-refractivity contribution in [2.75, 3.05) is 87.1 Å². The molecule has 16 N–H and O–H groups in total. The zero-order valence-electron chi connectivity index (χ0n) is 34.3. The van der Waals surface area contributed by atoms with E-state index < -0.39 is 0 Å². The van der Waals surface area contributed by atoms with E-state index in [1.54, 1.807) is 14.1 Å². The third-order valence-electron chi connectivity index (χ3n) is 9.72. The highest BCUT2D eigenvalue weighted by atomic mass is 32.1. The first kappa shape index (κ1) is 59.0. The molecule has 0 radical (unpaired) electrons. The summed E-state index contributed by atoms with van der Waals surface area (Å²) in [7, 11) is 7.27. The van der Waals surface area contributed by atoms with Crippen molar-refractivity contribution in [3.8, 4) is 0 Å². The number of hydrogen-bond donors (Lipinski definition) is 9. The maximum atomic E-state index is 5.67. The first-order valence-electron chi connectivity index (χ1n) is 19.7. The molecule has 0 spiro atoms. The van der Waals surface area contributed by atoms with Gasteiger partial charge in [-0.3, -0.25) is 0 Å². The number of nitrogens with one attached hydrogen (secondary N) is 2. The predicted octanol–water partition coefficient (Wildman–Crippen LogP) is 4.84. The molecule has 0 saturated heterocycles. The van der Waals surface area contributed by atoms with Gasteiger partial charge in [0.25, 0.3) is 0 Å². The highest BCUT2D eigenvalue weighted by Gasteiger charge is 2.28. The summed E-state index contributed by atoms with van der Waals surface area (Å²) in [6.07, 6.45) is 21.8. The summed E-state index contributed by atoms with van der Waals surface area (Å²) < 4.78 is 6.17. The number of hydrogen-bond acceptors (Lipinski definition) is 13. The van der Waals surface area contributed by atoms with Gasteiger partial charge in [0.1, 0.15) is 0 Å². The molecule has 0 aliphatic rings. The largest absolute Gasteiger partial charge is 0.330 e. The van der Waals surface area contributed by atoms with Gasteiger partial charge in [-0.15, -0.1) is 0 Å². The number of unbranched alkanes of at least 4 members (excludes halogenated alkanes) is 3. The van der Waals surface area contributed by atoms with Gasteiger partial charge >= 0.3 is 0 Å². The van der Waals surface area contributed by atoms with Crippen LogP contribution in [0.4, 0.5) is 0 Å². The number of rotatable bonds is 29. The molecule has 0 amide bonds. The van der Waals surface area contributed by atoms with E-state index in [4.69, 9.17) is 40.1 Å². The van der Waals surface area contributed by atoms with E-state index in [1.165, 1.54) is 70.6 Å². The zero-order valence-corrected chi connectivity index (χ0v) is 36.0. The molecular formula is C37H91N11S2. The maximum absolute atomic E-state index is 5.67.